The van der Waals surface area contributed by atoms with Crippen molar-refractivity contribution in [3.8, 4) is 5.75 Å². The second-order valence-electron chi connectivity index (χ2n) is 14.7. The first-order valence-electron chi connectivity index (χ1n) is 14.2. The fraction of sp³-hybridized carbons (Fsp3) is 0.700. The number of fused-ring (bicyclic) bond motifs is 1. The molecule has 1 fully saturated rings. The maximum Gasteiger partial charge on any atom is 0.241 e. The molecule has 2 aliphatic rings. The molecule has 39 heavy (non-hydrogen) atoms. The lowest BCUT2D eigenvalue weighted by Crippen LogP contribution is -2.55. The van der Waals surface area contributed by atoms with Gasteiger partial charge in [0, 0.05) is 30.2 Å². The third-order valence-corrected chi connectivity index (χ3v) is 18.1. The number of benzene rings is 1. The third kappa shape index (κ3) is 7.77. The van der Waals surface area contributed by atoms with Crippen LogP contribution in [0.2, 0.25) is 41.3 Å². The van der Waals surface area contributed by atoms with Gasteiger partial charge in [0.1, 0.15) is 11.4 Å². The van der Waals surface area contributed by atoms with Gasteiger partial charge in [0.05, 0.1) is 25.0 Å². The summed E-state index contributed by atoms with van der Waals surface area (Å²) in [5, 5.41) is 0.843. The van der Waals surface area contributed by atoms with Gasteiger partial charge in [-0.25, -0.2) is 0 Å². The average molecular weight is 595 g/mol. The lowest BCUT2D eigenvalue weighted by molar-refractivity contribution is -0.132. The van der Waals surface area contributed by atoms with E-state index in [2.05, 4.69) is 72.6 Å². The van der Waals surface area contributed by atoms with Crippen LogP contribution in [-0.4, -0.2) is 76.8 Å². The minimum absolute atomic E-state index is 0.0764. The number of carbonyl (C=O) groups is 1. The van der Waals surface area contributed by atoms with Gasteiger partial charge in [0.25, 0.3) is 0 Å². The highest BCUT2D eigenvalue weighted by Crippen LogP contribution is 2.41. The maximum absolute atomic E-state index is 13.6. The monoisotopic (exact) mass is 594 g/mol. The van der Waals surface area contributed by atoms with E-state index >= 15 is 0 Å². The summed E-state index contributed by atoms with van der Waals surface area (Å²) in [5.74, 6) is 0.829. The lowest BCUT2D eigenvalue weighted by atomic mass is 9.97. The first kappa shape index (κ1) is 32.3. The number of hydrogen-bond acceptors (Lipinski definition) is 5. The van der Waals surface area contributed by atoms with E-state index in [1.54, 1.807) is 0 Å². The van der Waals surface area contributed by atoms with Crippen LogP contribution in [0, 0.1) is 0 Å². The molecule has 2 heterocycles. The van der Waals surface area contributed by atoms with Gasteiger partial charge in [-0.3, -0.25) is 9.69 Å². The van der Waals surface area contributed by atoms with Gasteiger partial charge in [0.2, 0.25) is 5.91 Å². The first-order valence-corrected chi connectivity index (χ1v) is 20.4. The number of carbonyl (C=O) groups excluding carboxylic acids is 1. The molecule has 6 nitrogen and oxygen atoms in total. The Bertz CT molecular complexity index is 1090. The molecule has 1 aromatic carbocycles. The van der Waals surface area contributed by atoms with Crippen LogP contribution < -0.4 is 4.74 Å². The van der Waals surface area contributed by atoms with Crippen LogP contribution in [-0.2, 0) is 13.6 Å². The van der Waals surface area contributed by atoms with Crippen LogP contribution in [0.25, 0.3) is 5.70 Å². The van der Waals surface area contributed by atoms with Crippen molar-refractivity contribution in [2.24, 2.45) is 0 Å². The summed E-state index contributed by atoms with van der Waals surface area (Å²) in [6, 6.07) is 5.60. The summed E-state index contributed by atoms with van der Waals surface area (Å²) < 4.78 is 19.7. The number of ether oxygens (including phenoxy) is 1. The maximum atomic E-state index is 13.6. The fourth-order valence-corrected chi connectivity index (χ4v) is 6.93. The van der Waals surface area contributed by atoms with Crippen molar-refractivity contribution in [1.82, 2.24) is 9.80 Å². The van der Waals surface area contributed by atoms with Gasteiger partial charge >= 0.3 is 0 Å². The van der Waals surface area contributed by atoms with Crippen LogP contribution in [0.15, 0.2) is 24.3 Å². The van der Waals surface area contributed by atoms with E-state index in [9.17, 15) is 4.79 Å². The fourth-order valence-electron chi connectivity index (χ4n) is 4.39. The molecule has 220 valence electrons. The Balaban J connectivity index is 1.78. The average Bonchev–Trinajstić information content (AvgIpc) is 2.75. The van der Waals surface area contributed by atoms with E-state index in [-0.39, 0.29) is 22.1 Å². The highest BCUT2D eigenvalue weighted by atomic mass is 35.5. The minimum atomic E-state index is -2.04. The van der Waals surface area contributed by atoms with E-state index in [1.165, 1.54) is 0 Å². The Kier molecular flexibility index (Phi) is 9.33. The molecule has 0 aliphatic carbocycles. The van der Waals surface area contributed by atoms with Crippen molar-refractivity contribution in [1.29, 1.82) is 0 Å². The molecular formula is C30H51ClN2O4Si2. The molecular weight excluding hydrogens is 544 g/mol. The first-order chi connectivity index (χ1) is 17.6. The molecule has 1 atom stereocenters. The Morgan fingerprint density at radius 1 is 1.03 bits per heavy atom. The Morgan fingerprint density at radius 3 is 2.21 bits per heavy atom. The Hall–Kier alpha value is -1.17. The second-order valence-corrected chi connectivity index (χ2v) is 24.7. The van der Waals surface area contributed by atoms with Gasteiger partial charge in [-0.2, -0.15) is 0 Å². The van der Waals surface area contributed by atoms with Crippen molar-refractivity contribution < 1.29 is 18.4 Å². The van der Waals surface area contributed by atoms with Crippen LogP contribution >= 0.6 is 11.6 Å². The van der Waals surface area contributed by atoms with Crippen molar-refractivity contribution in [3.63, 3.8) is 0 Å². The van der Waals surface area contributed by atoms with Crippen LogP contribution in [0.1, 0.15) is 61.0 Å². The second kappa shape index (κ2) is 11.3. The zero-order valence-corrected chi connectivity index (χ0v) is 29.1. The van der Waals surface area contributed by atoms with Gasteiger partial charge in [0.15, 0.2) is 16.6 Å². The molecule has 9 heteroatoms. The van der Waals surface area contributed by atoms with Crippen molar-refractivity contribution in [2.45, 2.75) is 103 Å². The molecule has 3 rings (SSSR count). The lowest BCUT2D eigenvalue weighted by Gasteiger charge is -2.44. The van der Waals surface area contributed by atoms with Crippen molar-refractivity contribution >= 4 is 39.8 Å². The Morgan fingerprint density at radius 2 is 1.64 bits per heavy atom. The van der Waals surface area contributed by atoms with Gasteiger partial charge < -0.3 is 18.5 Å². The summed E-state index contributed by atoms with van der Waals surface area (Å²) in [6.45, 7) is 29.7. The third-order valence-electron chi connectivity index (χ3n) is 8.83. The normalized spacial score (nSPS) is 19.9. The van der Waals surface area contributed by atoms with E-state index in [4.69, 9.17) is 25.2 Å². The predicted octanol–water partition coefficient (Wildman–Crippen LogP) is 7.41. The van der Waals surface area contributed by atoms with E-state index in [0.717, 1.165) is 23.6 Å². The van der Waals surface area contributed by atoms with Gasteiger partial charge in [-0.05, 0) is 74.4 Å². The largest absolute Gasteiger partial charge is 0.483 e. The zero-order chi connectivity index (χ0) is 29.6. The van der Waals surface area contributed by atoms with E-state index in [0.29, 0.717) is 31.3 Å². The van der Waals surface area contributed by atoms with Crippen LogP contribution in [0.3, 0.4) is 0 Å². The highest BCUT2D eigenvalue weighted by molar-refractivity contribution is 6.74. The highest BCUT2D eigenvalue weighted by Gasteiger charge is 2.42. The number of nitrogens with zero attached hydrogens (tertiary/aromatic N) is 2. The number of halogens is 1. The summed E-state index contributed by atoms with van der Waals surface area (Å²) in [6.07, 6.45) is 1.95. The Labute approximate surface area is 244 Å². The summed E-state index contributed by atoms with van der Waals surface area (Å²) >= 11 is 6.33. The molecule has 0 N–H and O–H groups in total. The van der Waals surface area contributed by atoms with Crippen molar-refractivity contribution in [3.05, 3.63) is 34.9 Å². The molecule has 0 aromatic heterocycles. The molecule has 0 bridgehead atoms. The molecule has 2 aliphatic heterocycles. The minimum Gasteiger partial charge on any atom is -0.483 e. The zero-order valence-electron chi connectivity index (χ0n) is 26.3. The van der Waals surface area contributed by atoms with Gasteiger partial charge in [-0.1, -0.05) is 53.1 Å². The number of piperazine rings is 1. The number of amides is 1. The molecule has 0 spiro atoms. The number of rotatable bonds is 8. The SMILES string of the molecule is CC1(C)C=C(N2CCN(CC(CO[Si](C)(C)C(C)(C)C)O[Si](C)(C)C(C)(C)C)CC2=O)c2cc(Cl)ccc2O1. The molecule has 1 amide bonds. The van der Waals surface area contributed by atoms with E-state index in [1.807, 2.05) is 43.0 Å². The van der Waals surface area contributed by atoms with Crippen LogP contribution in [0.5, 0.6) is 5.75 Å². The van der Waals surface area contributed by atoms with E-state index < -0.39 is 22.2 Å². The molecule has 1 saturated heterocycles. The summed E-state index contributed by atoms with van der Waals surface area (Å²) in [4.78, 5) is 17.7. The quantitative estimate of drug-likeness (QED) is 0.293. The molecule has 1 unspecified atom stereocenters. The number of hydrogen-bond donors (Lipinski definition) is 0. The predicted molar refractivity (Wildman–Crippen MR) is 168 cm³/mol. The van der Waals surface area contributed by atoms with Crippen LogP contribution in [0.4, 0.5) is 0 Å². The molecule has 0 radical (unpaired) electrons. The van der Waals surface area contributed by atoms with Crippen molar-refractivity contribution in [2.75, 3.05) is 32.8 Å². The molecule has 0 saturated carbocycles. The molecule has 1 aromatic rings. The topological polar surface area (TPSA) is 51.2 Å². The standard InChI is InChI=1S/C30H51ClN2O4Si2/c1-28(2,3)38(9,10)35-21-23(37-39(11,12)29(4,5)6)19-32-15-16-33(27(34)20-32)25-18-30(7,8)36-26-14-13-22(31)17-24(25)26/h13-14,17-18,23H,15-16,19-21H2,1-12H3. The summed E-state index contributed by atoms with van der Waals surface area (Å²) in [7, 11) is -3.98. The summed E-state index contributed by atoms with van der Waals surface area (Å²) in [5.41, 5.74) is 1.23. The van der Waals surface area contributed by atoms with Gasteiger partial charge in [-0.15, -0.1) is 0 Å². The smallest absolute Gasteiger partial charge is 0.241 e.